The van der Waals surface area contributed by atoms with Crippen molar-refractivity contribution in [1.82, 2.24) is 0 Å². The summed E-state index contributed by atoms with van der Waals surface area (Å²) in [5.74, 6) is 0. The molecule has 0 aliphatic heterocycles. The van der Waals surface area contributed by atoms with E-state index in [0.717, 1.165) is 0 Å². The fourth-order valence-electron chi connectivity index (χ4n) is 0.744. The number of allylic oxidation sites excluding steroid dienone is 5. The third-order valence-electron chi connectivity index (χ3n) is 1.40. The minimum absolute atomic E-state index is 0.559. The van der Waals surface area contributed by atoms with Crippen molar-refractivity contribution < 1.29 is 0 Å². The van der Waals surface area contributed by atoms with Crippen molar-refractivity contribution in [3.05, 3.63) is 36.5 Å². The predicted octanol–water partition coefficient (Wildman–Crippen LogP) is 2.61. The zero-order valence-electron chi connectivity index (χ0n) is 7.79. The number of hydrogen-bond acceptors (Lipinski definition) is 1. The number of rotatable bonds is 6. The summed E-state index contributed by atoms with van der Waals surface area (Å²) in [7, 11) is 0. The fraction of sp³-hybridized carbons (Fsp3) is 0.455. The topological polar surface area (TPSA) is 26.0 Å². The van der Waals surface area contributed by atoms with E-state index in [1.54, 1.807) is 6.08 Å². The maximum Gasteiger partial charge on any atom is 0.0115 e. The van der Waals surface area contributed by atoms with Crippen molar-refractivity contribution in [3.63, 3.8) is 0 Å². The Morgan fingerprint density at radius 1 is 1.33 bits per heavy atom. The van der Waals surface area contributed by atoms with Crippen LogP contribution in [0.15, 0.2) is 30.4 Å². The van der Waals surface area contributed by atoms with Gasteiger partial charge in [0.15, 0.2) is 0 Å². The lowest BCUT2D eigenvalue weighted by Crippen LogP contribution is -1.91. The summed E-state index contributed by atoms with van der Waals surface area (Å²) in [5.41, 5.74) is 5.24. The van der Waals surface area contributed by atoms with E-state index in [-0.39, 0.29) is 0 Å². The van der Waals surface area contributed by atoms with Gasteiger partial charge in [0.2, 0.25) is 0 Å². The molecule has 0 atom stereocenters. The third-order valence-corrected chi connectivity index (χ3v) is 1.40. The molecule has 0 spiro atoms. The van der Waals surface area contributed by atoms with E-state index in [1.807, 2.05) is 18.2 Å². The molecule has 12 heavy (non-hydrogen) atoms. The summed E-state index contributed by atoms with van der Waals surface area (Å²) in [5, 5.41) is 0. The molecule has 0 rings (SSSR count). The molecule has 0 aliphatic carbocycles. The van der Waals surface area contributed by atoms with Gasteiger partial charge in [0.25, 0.3) is 0 Å². The van der Waals surface area contributed by atoms with Gasteiger partial charge < -0.3 is 5.73 Å². The van der Waals surface area contributed by atoms with Crippen LogP contribution in [0.2, 0.25) is 0 Å². The summed E-state index contributed by atoms with van der Waals surface area (Å²) in [4.78, 5) is 0. The Labute approximate surface area is 75.7 Å². The number of nitrogens with two attached hydrogens (primary N) is 1. The van der Waals surface area contributed by atoms with Crippen LogP contribution in [0.3, 0.4) is 0 Å². The Bertz CT molecular complexity index is 154. The first-order chi connectivity index (χ1) is 5.91. The first-order valence-electron chi connectivity index (χ1n) is 4.51. The van der Waals surface area contributed by atoms with Crippen molar-refractivity contribution >= 4 is 0 Å². The molecule has 1 nitrogen and oxygen atoms in total. The van der Waals surface area contributed by atoms with Crippen molar-refractivity contribution in [2.45, 2.75) is 26.2 Å². The zero-order valence-corrected chi connectivity index (χ0v) is 7.79. The maximum absolute atomic E-state index is 5.24. The molecule has 0 fully saturated rings. The van der Waals surface area contributed by atoms with Crippen molar-refractivity contribution in [2.75, 3.05) is 6.54 Å². The third kappa shape index (κ3) is 9.18. The molecule has 67 valence electrons. The Hall–Kier alpha value is -0.820. The van der Waals surface area contributed by atoms with Crippen LogP contribution in [-0.2, 0) is 0 Å². The van der Waals surface area contributed by atoms with Crippen LogP contribution in [0.5, 0.6) is 0 Å². The lowest BCUT2D eigenvalue weighted by Gasteiger charge is -1.84. The molecule has 0 heterocycles. The van der Waals surface area contributed by atoms with E-state index in [0.29, 0.717) is 6.54 Å². The standard InChI is InChI=1S/C11H18N/c1-2-3-4-5-6-7-8-9-10-11-12/h5-8,10H,2-4,11-12H2,1H3. The summed E-state index contributed by atoms with van der Waals surface area (Å²) in [6, 6.07) is 0. The zero-order chi connectivity index (χ0) is 9.07. The first-order valence-corrected chi connectivity index (χ1v) is 4.51. The molecule has 0 saturated heterocycles. The van der Waals surface area contributed by atoms with E-state index in [1.165, 1.54) is 19.3 Å². The molecule has 0 unspecified atom stereocenters. The van der Waals surface area contributed by atoms with Gasteiger partial charge in [-0.1, -0.05) is 50.1 Å². The van der Waals surface area contributed by atoms with Gasteiger partial charge in [-0.25, -0.2) is 0 Å². The van der Waals surface area contributed by atoms with E-state index in [9.17, 15) is 0 Å². The number of unbranched alkanes of at least 4 members (excludes halogenated alkanes) is 2. The average Bonchev–Trinajstić information content (AvgIpc) is 2.10. The van der Waals surface area contributed by atoms with Crippen LogP contribution in [-0.4, -0.2) is 6.54 Å². The minimum Gasteiger partial charge on any atom is -0.327 e. The van der Waals surface area contributed by atoms with Gasteiger partial charge >= 0.3 is 0 Å². The Morgan fingerprint density at radius 3 is 2.83 bits per heavy atom. The van der Waals surface area contributed by atoms with E-state index < -0.39 is 0 Å². The van der Waals surface area contributed by atoms with Crippen LogP contribution < -0.4 is 5.73 Å². The van der Waals surface area contributed by atoms with Crippen molar-refractivity contribution in [3.8, 4) is 0 Å². The van der Waals surface area contributed by atoms with Crippen molar-refractivity contribution in [2.24, 2.45) is 5.73 Å². The Kier molecular flexibility index (Phi) is 9.48. The van der Waals surface area contributed by atoms with Gasteiger partial charge in [-0.3, -0.25) is 0 Å². The molecule has 1 heteroatoms. The molecule has 0 saturated carbocycles. The van der Waals surface area contributed by atoms with E-state index >= 15 is 0 Å². The smallest absolute Gasteiger partial charge is 0.0115 e. The molecule has 0 amide bonds. The van der Waals surface area contributed by atoms with Crippen LogP contribution >= 0.6 is 0 Å². The van der Waals surface area contributed by atoms with Gasteiger partial charge in [0.1, 0.15) is 0 Å². The average molecular weight is 164 g/mol. The summed E-state index contributed by atoms with van der Waals surface area (Å²) in [6.07, 6.45) is 16.5. The SMILES string of the molecule is CCCCC=CC=C[C]=CCN. The van der Waals surface area contributed by atoms with Crippen LogP contribution in [0.1, 0.15) is 26.2 Å². The van der Waals surface area contributed by atoms with Gasteiger partial charge in [0, 0.05) is 6.54 Å². The molecular formula is C11H18N. The molecule has 0 aromatic carbocycles. The van der Waals surface area contributed by atoms with Crippen LogP contribution in [0.25, 0.3) is 0 Å². The summed E-state index contributed by atoms with van der Waals surface area (Å²) >= 11 is 0. The first kappa shape index (κ1) is 11.2. The van der Waals surface area contributed by atoms with Crippen molar-refractivity contribution in [1.29, 1.82) is 0 Å². The Balaban J connectivity index is 3.32. The second-order valence-corrected chi connectivity index (χ2v) is 2.54. The van der Waals surface area contributed by atoms with Gasteiger partial charge in [0.05, 0.1) is 0 Å². The second kappa shape index (κ2) is 10.2. The highest BCUT2D eigenvalue weighted by atomic mass is 14.5. The number of hydrogen-bond donors (Lipinski definition) is 1. The highest BCUT2D eigenvalue weighted by molar-refractivity contribution is 5.07. The molecule has 0 aromatic heterocycles. The molecule has 1 radical (unpaired) electrons. The van der Waals surface area contributed by atoms with Gasteiger partial charge in [-0.2, -0.15) is 0 Å². The van der Waals surface area contributed by atoms with Crippen LogP contribution in [0.4, 0.5) is 0 Å². The molecule has 0 aliphatic rings. The summed E-state index contributed by atoms with van der Waals surface area (Å²) in [6.45, 7) is 2.76. The molecule has 2 N–H and O–H groups in total. The lowest BCUT2D eigenvalue weighted by molar-refractivity contribution is 0.815. The van der Waals surface area contributed by atoms with Gasteiger partial charge in [-0.15, -0.1) is 0 Å². The lowest BCUT2D eigenvalue weighted by atomic mass is 10.2. The fourth-order valence-corrected chi connectivity index (χ4v) is 0.744. The summed E-state index contributed by atoms with van der Waals surface area (Å²) < 4.78 is 0. The predicted molar refractivity (Wildman–Crippen MR) is 54.7 cm³/mol. The highest BCUT2D eigenvalue weighted by Gasteiger charge is 1.74. The monoisotopic (exact) mass is 164 g/mol. The molecular weight excluding hydrogens is 146 g/mol. The molecule has 0 bridgehead atoms. The minimum atomic E-state index is 0.559. The highest BCUT2D eigenvalue weighted by Crippen LogP contribution is 1.94. The second-order valence-electron chi connectivity index (χ2n) is 2.54. The Morgan fingerprint density at radius 2 is 2.17 bits per heavy atom. The maximum atomic E-state index is 5.24. The van der Waals surface area contributed by atoms with Crippen LogP contribution in [0, 0.1) is 6.08 Å². The van der Waals surface area contributed by atoms with Gasteiger partial charge in [-0.05, 0) is 12.5 Å². The van der Waals surface area contributed by atoms with E-state index in [2.05, 4.69) is 19.1 Å². The quantitative estimate of drug-likeness (QED) is 0.474. The normalized spacial score (nSPS) is 12.5. The van der Waals surface area contributed by atoms with E-state index in [4.69, 9.17) is 5.73 Å². The molecule has 0 aromatic rings. The largest absolute Gasteiger partial charge is 0.327 e.